The first-order valence-corrected chi connectivity index (χ1v) is 9.65. The lowest BCUT2D eigenvalue weighted by molar-refractivity contribution is 0.512. The SMILES string of the molecule is CCNS(=O)(=O)Nc1ccc(F)c(F)c1Nc1ccc(I)cc1Cl. The highest BCUT2D eigenvalue weighted by molar-refractivity contribution is 14.1. The Morgan fingerprint density at radius 1 is 1.17 bits per heavy atom. The Labute approximate surface area is 157 Å². The third-order valence-electron chi connectivity index (χ3n) is 2.86. The van der Waals surface area contributed by atoms with Gasteiger partial charge in [-0.25, -0.2) is 8.78 Å². The molecule has 2 aromatic rings. The lowest BCUT2D eigenvalue weighted by Crippen LogP contribution is -2.30. The summed E-state index contributed by atoms with van der Waals surface area (Å²) in [6, 6.07) is 6.88. The van der Waals surface area contributed by atoms with Crippen molar-refractivity contribution in [3.05, 3.63) is 50.6 Å². The lowest BCUT2D eigenvalue weighted by Gasteiger charge is -2.16. The van der Waals surface area contributed by atoms with Crippen LogP contribution in [0.4, 0.5) is 25.8 Å². The van der Waals surface area contributed by atoms with E-state index >= 15 is 0 Å². The maximum Gasteiger partial charge on any atom is 0.299 e. The van der Waals surface area contributed by atoms with Gasteiger partial charge < -0.3 is 5.32 Å². The van der Waals surface area contributed by atoms with Crippen molar-refractivity contribution in [3.63, 3.8) is 0 Å². The second kappa shape index (κ2) is 7.81. The van der Waals surface area contributed by atoms with Crippen LogP contribution in [0.5, 0.6) is 0 Å². The first-order chi connectivity index (χ1) is 11.2. The van der Waals surface area contributed by atoms with Crippen LogP contribution >= 0.6 is 34.2 Å². The number of benzene rings is 2. The van der Waals surface area contributed by atoms with Crippen molar-refractivity contribution in [1.29, 1.82) is 0 Å². The van der Waals surface area contributed by atoms with Gasteiger partial charge in [0.2, 0.25) is 0 Å². The Hall–Kier alpha value is -1.17. The van der Waals surface area contributed by atoms with E-state index in [4.69, 9.17) is 11.6 Å². The minimum absolute atomic E-state index is 0.144. The van der Waals surface area contributed by atoms with E-state index in [2.05, 4.69) is 37.4 Å². The van der Waals surface area contributed by atoms with Crippen LogP contribution in [0.15, 0.2) is 30.3 Å². The maximum atomic E-state index is 14.2. The standard InChI is InChI=1S/C14H13ClF2IN3O2S/c1-2-19-24(22,23)21-12-6-4-10(16)13(17)14(12)20-11-5-3-8(18)7-9(11)15/h3-7,19-21H,2H2,1H3. The Balaban J connectivity index is 2.45. The van der Waals surface area contributed by atoms with Crippen LogP contribution in [0.1, 0.15) is 6.92 Å². The molecule has 0 amide bonds. The van der Waals surface area contributed by atoms with Crippen molar-refractivity contribution >= 4 is 61.5 Å². The topological polar surface area (TPSA) is 70.2 Å². The van der Waals surface area contributed by atoms with Crippen LogP contribution in [-0.4, -0.2) is 15.0 Å². The van der Waals surface area contributed by atoms with Crippen LogP contribution in [0.3, 0.4) is 0 Å². The summed E-state index contributed by atoms with van der Waals surface area (Å²) in [6.07, 6.45) is 0. The zero-order valence-corrected chi connectivity index (χ0v) is 16.1. The second-order valence-corrected chi connectivity index (χ2v) is 7.79. The smallest absolute Gasteiger partial charge is 0.299 e. The molecule has 10 heteroatoms. The van der Waals surface area contributed by atoms with Crippen LogP contribution < -0.4 is 14.8 Å². The summed E-state index contributed by atoms with van der Waals surface area (Å²) in [5.74, 6) is -2.34. The molecule has 0 atom stereocenters. The molecule has 2 aromatic carbocycles. The predicted octanol–water partition coefficient (Wildman–Crippen LogP) is 4.23. The first kappa shape index (κ1) is 19.2. The predicted molar refractivity (Wildman–Crippen MR) is 100 cm³/mol. The number of anilines is 3. The molecule has 0 aliphatic carbocycles. The fourth-order valence-electron chi connectivity index (χ4n) is 1.85. The third-order valence-corrected chi connectivity index (χ3v) is 5.01. The quantitative estimate of drug-likeness (QED) is 0.534. The molecule has 0 aliphatic rings. The molecule has 2 rings (SSSR count). The van der Waals surface area contributed by atoms with Gasteiger partial charge in [0.25, 0.3) is 10.2 Å². The van der Waals surface area contributed by atoms with Gasteiger partial charge in [0.1, 0.15) is 5.69 Å². The molecule has 0 saturated heterocycles. The van der Waals surface area contributed by atoms with E-state index in [9.17, 15) is 17.2 Å². The van der Waals surface area contributed by atoms with E-state index in [0.717, 1.165) is 15.7 Å². The van der Waals surface area contributed by atoms with Gasteiger partial charge in [-0.1, -0.05) is 18.5 Å². The first-order valence-electron chi connectivity index (χ1n) is 6.71. The lowest BCUT2D eigenvalue weighted by atomic mass is 10.2. The van der Waals surface area contributed by atoms with Crippen LogP contribution in [0.25, 0.3) is 0 Å². The van der Waals surface area contributed by atoms with Gasteiger partial charge in [-0.2, -0.15) is 13.1 Å². The molecule has 0 unspecified atom stereocenters. The highest BCUT2D eigenvalue weighted by Crippen LogP contribution is 2.34. The number of rotatable bonds is 6. The molecule has 130 valence electrons. The van der Waals surface area contributed by atoms with Gasteiger partial charge >= 0.3 is 0 Å². The zero-order valence-electron chi connectivity index (χ0n) is 12.3. The van der Waals surface area contributed by atoms with Crippen molar-refractivity contribution < 1.29 is 17.2 Å². The molecule has 0 bridgehead atoms. The fourth-order valence-corrected chi connectivity index (χ4v) is 3.67. The molecule has 0 saturated carbocycles. The van der Waals surface area contributed by atoms with E-state index < -0.39 is 21.8 Å². The summed E-state index contributed by atoms with van der Waals surface area (Å²) in [7, 11) is -3.91. The molecule has 0 radical (unpaired) electrons. The van der Waals surface area contributed by atoms with Gasteiger partial charge in [-0.05, 0) is 52.9 Å². The summed E-state index contributed by atoms with van der Waals surface area (Å²) in [5, 5.41) is 2.92. The molecule has 0 aliphatic heterocycles. The largest absolute Gasteiger partial charge is 0.350 e. The highest BCUT2D eigenvalue weighted by Gasteiger charge is 2.18. The maximum absolute atomic E-state index is 14.2. The Kier molecular flexibility index (Phi) is 6.23. The summed E-state index contributed by atoms with van der Waals surface area (Å²) in [4.78, 5) is 0. The minimum Gasteiger partial charge on any atom is -0.350 e. The van der Waals surface area contributed by atoms with Gasteiger partial charge in [-0.3, -0.25) is 4.72 Å². The number of hydrogen-bond donors (Lipinski definition) is 3. The molecule has 0 fully saturated rings. The van der Waals surface area contributed by atoms with Gasteiger partial charge in [0.05, 0.1) is 16.4 Å². The van der Waals surface area contributed by atoms with Gasteiger partial charge in [0.15, 0.2) is 11.6 Å². The minimum atomic E-state index is -3.91. The average Bonchev–Trinajstić information content (AvgIpc) is 2.48. The van der Waals surface area contributed by atoms with Crippen molar-refractivity contribution in [2.45, 2.75) is 6.92 Å². The number of halogens is 4. The van der Waals surface area contributed by atoms with E-state index in [-0.39, 0.29) is 22.9 Å². The second-order valence-electron chi connectivity index (χ2n) is 4.64. The van der Waals surface area contributed by atoms with E-state index in [0.29, 0.717) is 5.69 Å². The Morgan fingerprint density at radius 3 is 2.46 bits per heavy atom. The zero-order chi connectivity index (χ0) is 17.9. The summed E-state index contributed by atoms with van der Waals surface area (Å²) >= 11 is 8.12. The number of hydrogen-bond acceptors (Lipinski definition) is 3. The molecular formula is C14H13ClF2IN3O2S. The average molecular weight is 488 g/mol. The molecule has 24 heavy (non-hydrogen) atoms. The normalized spacial score (nSPS) is 11.4. The van der Waals surface area contributed by atoms with Crippen molar-refractivity contribution in [2.75, 3.05) is 16.6 Å². The van der Waals surface area contributed by atoms with Gasteiger partial charge in [0, 0.05) is 10.1 Å². The van der Waals surface area contributed by atoms with Crippen molar-refractivity contribution in [2.24, 2.45) is 0 Å². The molecule has 0 aromatic heterocycles. The third kappa shape index (κ3) is 4.68. The summed E-state index contributed by atoms with van der Waals surface area (Å²) < 4.78 is 56.6. The van der Waals surface area contributed by atoms with E-state index in [1.807, 2.05) is 0 Å². The monoisotopic (exact) mass is 487 g/mol. The Bertz CT molecular complexity index is 865. The van der Waals surface area contributed by atoms with E-state index in [1.165, 1.54) is 0 Å². The fraction of sp³-hybridized carbons (Fsp3) is 0.143. The molecular weight excluding hydrogens is 475 g/mol. The number of nitrogens with one attached hydrogen (secondary N) is 3. The molecule has 0 heterocycles. The molecule has 0 spiro atoms. The van der Waals surface area contributed by atoms with E-state index in [1.54, 1.807) is 25.1 Å². The summed E-state index contributed by atoms with van der Waals surface area (Å²) in [5.41, 5.74) is -0.200. The van der Waals surface area contributed by atoms with Crippen molar-refractivity contribution in [3.8, 4) is 0 Å². The van der Waals surface area contributed by atoms with Gasteiger partial charge in [-0.15, -0.1) is 0 Å². The van der Waals surface area contributed by atoms with Crippen molar-refractivity contribution in [1.82, 2.24) is 4.72 Å². The molecule has 5 nitrogen and oxygen atoms in total. The van der Waals surface area contributed by atoms with Crippen LogP contribution in [0.2, 0.25) is 5.02 Å². The summed E-state index contributed by atoms with van der Waals surface area (Å²) in [6.45, 7) is 1.74. The van der Waals surface area contributed by atoms with Crippen LogP contribution in [-0.2, 0) is 10.2 Å². The Morgan fingerprint density at radius 2 is 1.83 bits per heavy atom. The van der Waals surface area contributed by atoms with Crippen LogP contribution in [0, 0.1) is 15.2 Å². The molecule has 3 N–H and O–H groups in total. The highest BCUT2D eigenvalue weighted by atomic mass is 127.